The summed E-state index contributed by atoms with van der Waals surface area (Å²) >= 11 is 0. The minimum absolute atomic E-state index is 0.0810. The van der Waals surface area contributed by atoms with E-state index >= 15 is 0 Å². The molecule has 3 atom stereocenters. The van der Waals surface area contributed by atoms with E-state index in [-0.39, 0.29) is 23.7 Å². The number of fused-ring (bicyclic) bond motifs is 2. The van der Waals surface area contributed by atoms with E-state index in [0.717, 1.165) is 61.3 Å². The molecule has 1 saturated heterocycles. The Bertz CT molecular complexity index is 913. The number of rotatable bonds is 2. The van der Waals surface area contributed by atoms with Gasteiger partial charge >= 0.3 is 0 Å². The van der Waals surface area contributed by atoms with E-state index in [0.29, 0.717) is 11.8 Å². The molecule has 0 saturated carbocycles. The number of likely N-dealkylation sites (tertiary alicyclic amines) is 1. The number of anilines is 1. The maximum Gasteiger partial charge on any atom is 0.232 e. The zero-order valence-electron chi connectivity index (χ0n) is 16.1. The number of nitrogens with one attached hydrogen (secondary N) is 2. The molecule has 1 fully saturated rings. The Balaban J connectivity index is 1.29. The largest absolute Gasteiger partial charge is 0.342 e. The Hall–Kier alpha value is -2.63. The summed E-state index contributed by atoms with van der Waals surface area (Å²) in [5, 5.41) is 10.2. The number of aromatic nitrogens is 2. The summed E-state index contributed by atoms with van der Waals surface area (Å²) in [7, 11) is 0. The Morgan fingerprint density at radius 1 is 1.14 bits per heavy atom. The fourth-order valence-electron chi connectivity index (χ4n) is 5.36. The molecule has 2 aromatic rings. The van der Waals surface area contributed by atoms with Gasteiger partial charge in [0.25, 0.3) is 0 Å². The molecule has 1 aromatic carbocycles. The van der Waals surface area contributed by atoms with Crippen LogP contribution in [0.3, 0.4) is 0 Å². The minimum atomic E-state index is -0.0884. The van der Waals surface area contributed by atoms with E-state index < -0.39 is 0 Å². The van der Waals surface area contributed by atoms with Crippen LogP contribution in [-0.2, 0) is 16.0 Å². The molecule has 3 aliphatic rings. The molecule has 0 radical (unpaired) electrons. The first kappa shape index (κ1) is 17.5. The highest BCUT2D eigenvalue weighted by Gasteiger charge is 2.41. The van der Waals surface area contributed by atoms with Crippen LogP contribution in [0.25, 0.3) is 0 Å². The highest BCUT2D eigenvalue weighted by atomic mass is 16.2. The lowest BCUT2D eigenvalue weighted by molar-refractivity contribution is -0.135. The molecule has 6 nitrogen and oxygen atoms in total. The number of hydrogen-bond acceptors (Lipinski definition) is 3. The highest BCUT2D eigenvalue weighted by molar-refractivity contribution is 6.03. The summed E-state index contributed by atoms with van der Waals surface area (Å²) in [6, 6.07) is 7.98. The van der Waals surface area contributed by atoms with Crippen LogP contribution in [0.5, 0.6) is 0 Å². The SMILES string of the molecule is CC1CCc2[nH]ncc2C1C(=O)N1CCC(C2C(=O)Nc3ccccc32)CC1. The Morgan fingerprint density at radius 3 is 2.75 bits per heavy atom. The van der Waals surface area contributed by atoms with Crippen molar-refractivity contribution in [2.45, 2.75) is 44.4 Å². The Kier molecular flexibility index (Phi) is 4.22. The first-order valence-corrected chi connectivity index (χ1v) is 10.3. The van der Waals surface area contributed by atoms with E-state index in [9.17, 15) is 9.59 Å². The van der Waals surface area contributed by atoms with Crippen molar-refractivity contribution in [2.75, 3.05) is 18.4 Å². The van der Waals surface area contributed by atoms with Gasteiger partial charge in [-0.2, -0.15) is 5.10 Å². The molecule has 3 unspecified atom stereocenters. The van der Waals surface area contributed by atoms with Crippen LogP contribution >= 0.6 is 0 Å². The lowest BCUT2D eigenvalue weighted by Gasteiger charge is -2.38. The molecule has 0 bridgehead atoms. The summed E-state index contributed by atoms with van der Waals surface area (Å²) in [6.07, 6.45) is 5.56. The summed E-state index contributed by atoms with van der Waals surface area (Å²) < 4.78 is 0. The molecule has 146 valence electrons. The fraction of sp³-hybridized carbons (Fsp3) is 0.500. The average molecular weight is 378 g/mol. The second-order valence-corrected chi connectivity index (χ2v) is 8.51. The summed E-state index contributed by atoms with van der Waals surface area (Å²) in [6.45, 7) is 3.63. The van der Waals surface area contributed by atoms with Crippen molar-refractivity contribution in [3.63, 3.8) is 0 Å². The molecule has 1 aliphatic carbocycles. The minimum Gasteiger partial charge on any atom is -0.342 e. The zero-order chi connectivity index (χ0) is 19.3. The summed E-state index contributed by atoms with van der Waals surface area (Å²) in [4.78, 5) is 27.9. The molecule has 5 rings (SSSR count). The average Bonchev–Trinajstić information content (AvgIpc) is 3.31. The van der Waals surface area contributed by atoms with Crippen molar-refractivity contribution in [1.82, 2.24) is 15.1 Å². The van der Waals surface area contributed by atoms with Crippen molar-refractivity contribution in [3.8, 4) is 0 Å². The van der Waals surface area contributed by atoms with Crippen molar-refractivity contribution < 1.29 is 9.59 Å². The second kappa shape index (κ2) is 6.76. The normalized spacial score (nSPS) is 27.2. The maximum absolute atomic E-state index is 13.3. The number of aryl methyl sites for hydroxylation is 1. The van der Waals surface area contributed by atoms with Gasteiger partial charge in [-0.05, 0) is 49.1 Å². The number of H-pyrrole nitrogens is 1. The van der Waals surface area contributed by atoms with Crippen LogP contribution in [-0.4, -0.2) is 40.0 Å². The lowest BCUT2D eigenvalue weighted by Crippen LogP contribution is -2.44. The first-order valence-electron chi connectivity index (χ1n) is 10.3. The molecule has 2 amide bonds. The summed E-state index contributed by atoms with van der Waals surface area (Å²) in [5.41, 5.74) is 4.25. The van der Waals surface area contributed by atoms with Crippen LogP contribution in [0.2, 0.25) is 0 Å². The topological polar surface area (TPSA) is 78.1 Å². The molecule has 2 N–H and O–H groups in total. The highest BCUT2D eigenvalue weighted by Crippen LogP contribution is 2.42. The molecular formula is C22H26N4O2. The predicted molar refractivity (Wildman–Crippen MR) is 106 cm³/mol. The van der Waals surface area contributed by atoms with Gasteiger partial charge in [0.05, 0.1) is 18.0 Å². The standard InChI is InChI=1S/C22H26N4O2/c1-13-6-7-18-16(12-23-25-18)19(13)22(28)26-10-8-14(9-11-26)20-15-4-2-3-5-17(15)24-21(20)27/h2-5,12-14,19-20H,6-11H2,1H3,(H,23,25)(H,24,27). The van der Waals surface area contributed by atoms with Crippen LogP contribution in [0.15, 0.2) is 30.5 Å². The predicted octanol–water partition coefficient (Wildman–Crippen LogP) is 3.05. The van der Waals surface area contributed by atoms with E-state index in [1.807, 2.05) is 29.3 Å². The van der Waals surface area contributed by atoms with Crippen molar-refractivity contribution in [3.05, 3.63) is 47.3 Å². The molecule has 6 heteroatoms. The Morgan fingerprint density at radius 2 is 1.93 bits per heavy atom. The van der Waals surface area contributed by atoms with Crippen LogP contribution in [0.1, 0.15) is 54.8 Å². The van der Waals surface area contributed by atoms with Crippen LogP contribution in [0, 0.1) is 11.8 Å². The van der Waals surface area contributed by atoms with Gasteiger partial charge in [0.15, 0.2) is 0 Å². The number of nitrogens with zero attached hydrogens (tertiary/aromatic N) is 2. The van der Waals surface area contributed by atoms with Crippen LogP contribution in [0.4, 0.5) is 5.69 Å². The van der Waals surface area contributed by atoms with Gasteiger partial charge in [0.2, 0.25) is 11.8 Å². The third kappa shape index (κ3) is 2.74. The maximum atomic E-state index is 13.3. The number of hydrogen-bond donors (Lipinski definition) is 2. The number of carbonyl (C=O) groups excluding carboxylic acids is 2. The number of amides is 2. The third-order valence-electron chi connectivity index (χ3n) is 6.93. The monoisotopic (exact) mass is 378 g/mol. The van der Waals surface area contributed by atoms with E-state index in [2.05, 4.69) is 28.5 Å². The fourth-order valence-corrected chi connectivity index (χ4v) is 5.36. The number of benzene rings is 1. The number of para-hydroxylation sites is 1. The van der Waals surface area contributed by atoms with Gasteiger partial charge in [0, 0.05) is 30.0 Å². The van der Waals surface area contributed by atoms with Gasteiger partial charge in [0.1, 0.15) is 0 Å². The first-order chi connectivity index (χ1) is 13.6. The third-order valence-corrected chi connectivity index (χ3v) is 6.93. The van der Waals surface area contributed by atoms with Crippen molar-refractivity contribution >= 4 is 17.5 Å². The number of aromatic amines is 1. The second-order valence-electron chi connectivity index (χ2n) is 8.51. The lowest BCUT2D eigenvalue weighted by atomic mass is 9.77. The Labute approximate surface area is 164 Å². The number of piperidine rings is 1. The van der Waals surface area contributed by atoms with E-state index in [1.165, 1.54) is 0 Å². The van der Waals surface area contributed by atoms with Crippen molar-refractivity contribution in [1.29, 1.82) is 0 Å². The quantitative estimate of drug-likeness (QED) is 0.843. The molecule has 0 spiro atoms. The van der Waals surface area contributed by atoms with Gasteiger partial charge in [-0.1, -0.05) is 25.1 Å². The van der Waals surface area contributed by atoms with Gasteiger partial charge in [-0.25, -0.2) is 0 Å². The van der Waals surface area contributed by atoms with Gasteiger partial charge < -0.3 is 10.2 Å². The molecule has 1 aromatic heterocycles. The van der Waals surface area contributed by atoms with E-state index in [1.54, 1.807) is 0 Å². The van der Waals surface area contributed by atoms with Gasteiger partial charge in [-0.15, -0.1) is 0 Å². The van der Waals surface area contributed by atoms with E-state index in [4.69, 9.17) is 0 Å². The van der Waals surface area contributed by atoms with Crippen LogP contribution < -0.4 is 5.32 Å². The molecular weight excluding hydrogens is 352 g/mol. The molecule has 28 heavy (non-hydrogen) atoms. The molecule has 3 heterocycles. The van der Waals surface area contributed by atoms with Crippen molar-refractivity contribution in [2.24, 2.45) is 11.8 Å². The smallest absolute Gasteiger partial charge is 0.232 e. The summed E-state index contributed by atoms with van der Waals surface area (Å²) in [5.74, 6) is 0.792. The molecule has 2 aliphatic heterocycles. The zero-order valence-corrected chi connectivity index (χ0v) is 16.1. The van der Waals surface area contributed by atoms with Gasteiger partial charge in [-0.3, -0.25) is 14.7 Å². The number of carbonyl (C=O) groups is 2.